The molecule has 2 aromatic rings. The Bertz CT molecular complexity index is 954. The number of nitrogens with one attached hydrogen (secondary N) is 1. The first-order valence-corrected chi connectivity index (χ1v) is 11.1. The third-order valence-electron chi connectivity index (χ3n) is 5.21. The second-order valence-electron chi connectivity index (χ2n) is 7.18. The monoisotopic (exact) mass is 386 g/mol. The van der Waals surface area contributed by atoms with Crippen molar-refractivity contribution in [2.45, 2.75) is 38.6 Å². The zero-order chi connectivity index (χ0) is 19.6. The molecule has 0 aromatic heterocycles. The zero-order valence-corrected chi connectivity index (χ0v) is 16.8. The number of anilines is 1. The second-order valence-corrected chi connectivity index (χ2v) is 9.19. The Morgan fingerprint density at radius 3 is 2.44 bits per heavy atom. The van der Waals surface area contributed by atoms with Crippen LogP contribution in [0, 0.1) is 0 Å². The third kappa shape index (κ3) is 4.33. The number of hydrogen-bond acceptors (Lipinski definition) is 3. The fraction of sp³-hybridized carbons (Fsp3) is 0.381. The molecule has 0 saturated heterocycles. The zero-order valence-electron chi connectivity index (χ0n) is 16.0. The molecule has 0 heterocycles. The number of para-hydroxylation sites is 1. The summed E-state index contributed by atoms with van der Waals surface area (Å²) in [6, 6.07) is 13.0. The van der Waals surface area contributed by atoms with Gasteiger partial charge in [0.25, 0.3) is 5.91 Å². The van der Waals surface area contributed by atoms with E-state index in [0.29, 0.717) is 11.3 Å². The van der Waals surface area contributed by atoms with Crippen molar-refractivity contribution in [1.82, 2.24) is 5.32 Å². The molecule has 0 spiro atoms. The lowest BCUT2D eigenvalue weighted by Gasteiger charge is -2.22. The summed E-state index contributed by atoms with van der Waals surface area (Å²) in [6.07, 6.45) is 5.79. The predicted molar refractivity (Wildman–Crippen MR) is 109 cm³/mol. The van der Waals surface area contributed by atoms with Crippen molar-refractivity contribution < 1.29 is 13.2 Å². The summed E-state index contributed by atoms with van der Waals surface area (Å²) in [5.41, 5.74) is 4.56. The van der Waals surface area contributed by atoms with Crippen molar-refractivity contribution in [2.75, 3.05) is 17.6 Å². The van der Waals surface area contributed by atoms with Gasteiger partial charge in [-0.05, 0) is 61.4 Å². The molecule has 1 N–H and O–H groups in total. The first kappa shape index (κ1) is 19.4. The van der Waals surface area contributed by atoms with Crippen molar-refractivity contribution in [3.05, 3.63) is 64.7 Å². The molecule has 0 aliphatic heterocycles. The number of carbonyl (C=O) groups excluding carboxylic acids is 1. The lowest BCUT2D eigenvalue weighted by molar-refractivity contribution is 0.0940. The number of sulfonamides is 1. The molecule has 1 unspecified atom stereocenters. The number of aryl methyl sites for hydroxylation is 2. The van der Waals surface area contributed by atoms with Crippen LogP contribution in [0.25, 0.3) is 0 Å². The first-order chi connectivity index (χ1) is 12.8. The van der Waals surface area contributed by atoms with Crippen LogP contribution in [0.2, 0.25) is 0 Å². The molecule has 0 radical (unpaired) electrons. The Morgan fingerprint density at radius 1 is 1.07 bits per heavy atom. The molecule has 0 fully saturated rings. The number of carbonyl (C=O) groups is 1. The maximum Gasteiger partial charge on any atom is 0.253 e. The molecular formula is C21H26N2O3S. The molecule has 3 rings (SSSR count). The SMILES string of the molecule is CC(NC(=O)c1ccccc1N(C)S(C)(=O)=O)c1ccc2c(c1)CCCC2. The number of amides is 1. The van der Waals surface area contributed by atoms with Crippen molar-refractivity contribution in [1.29, 1.82) is 0 Å². The molecule has 1 atom stereocenters. The largest absolute Gasteiger partial charge is 0.345 e. The summed E-state index contributed by atoms with van der Waals surface area (Å²) >= 11 is 0. The average Bonchev–Trinajstić information content (AvgIpc) is 2.66. The van der Waals surface area contributed by atoms with Crippen LogP contribution in [0.4, 0.5) is 5.69 Å². The summed E-state index contributed by atoms with van der Waals surface area (Å²) in [5, 5.41) is 3.01. The Balaban J connectivity index is 1.82. The summed E-state index contributed by atoms with van der Waals surface area (Å²) in [7, 11) is -2.00. The molecule has 0 saturated carbocycles. The minimum Gasteiger partial charge on any atom is -0.345 e. The number of nitrogens with zero attached hydrogens (tertiary/aromatic N) is 1. The van der Waals surface area contributed by atoms with Gasteiger partial charge in [0.15, 0.2) is 0 Å². The van der Waals surface area contributed by atoms with E-state index in [4.69, 9.17) is 0 Å². The fourth-order valence-electron chi connectivity index (χ4n) is 3.50. The van der Waals surface area contributed by atoms with Crippen LogP contribution < -0.4 is 9.62 Å². The topological polar surface area (TPSA) is 66.5 Å². The summed E-state index contributed by atoms with van der Waals surface area (Å²) in [5.74, 6) is -0.286. The van der Waals surface area contributed by atoms with E-state index in [9.17, 15) is 13.2 Å². The number of fused-ring (bicyclic) bond motifs is 1. The highest BCUT2D eigenvalue weighted by Gasteiger charge is 2.21. The number of benzene rings is 2. The minimum atomic E-state index is -3.45. The second kappa shape index (κ2) is 7.72. The van der Waals surface area contributed by atoms with E-state index in [1.807, 2.05) is 6.92 Å². The Kier molecular flexibility index (Phi) is 5.56. The van der Waals surface area contributed by atoms with E-state index in [-0.39, 0.29) is 11.9 Å². The number of hydrogen-bond donors (Lipinski definition) is 1. The van der Waals surface area contributed by atoms with Gasteiger partial charge in [0.1, 0.15) is 0 Å². The van der Waals surface area contributed by atoms with Gasteiger partial charge in [-0.1, -0.05) is 30.3 Å². The molecule has 27 heavy (non-hydrogen) atoms. The van der Waals surface area contributed by atoms with Crippen LogP contribution >= 0.6 is 0 Å². The summed E-state index contributed by atoms with van der Waals surface area (Å²) < 4.78 is 24.9. The molecular weight excluding hydrogens is 360 g/mol. The van der Waals surface area contributed by atoms with Gasteiger partial charge in [0.2, 0.25) is 10.0 Å². The fourth-order valence-corrected chi connectivity index (χ4v) is 4.02. The van der Waals surface area contributed by atoms with Gasteiger partial charge in [-0.3, -0.25) is 9.10 Å². The van der Waals surface area contributed by atoms with E-state index in [1.54, 1.807) is 24.3 Å². The van der Waals surface area contributed by atoms with Crippen LogP contribution in [0.5, 0.6) is 0 Å². The van der Waals surface area contributed by atoms with Crippen LogP contribution in [0.1, 0.15) is 52.9 Å². The van der Waals surface area contributed by atoms with Gasteiger partial charge in [-0.25, -0.2) is 8.42 Å². The van der Waals surface area contributed by atoms with Gasteiger partial charge >= 0.3 is 0 Å². The van der Waals surface area contributed by atoms with E-state index in [2.05, 4.69) is 23.5 Å². The van der Waals surface area contributed by atoms with Gasteiger partial charge in [0, 0.05) is 7.05 Å². The first-order valence-electron chi connectivity index (χ1n) is 9.23. The van der Waals surface area contributed by atoms with Crippen molar-refractivity contribution in [3.8, 4) is 0 Å². The predicted octanol–water partition coefficient (Wildman–Crippen LogP) is 3.45. The highest BCUT2D eigenvalue weighted by atomic mass is 32.2. The number of rotatable bonds is 5. The molecule has 5 nitrogen and oxygen atoms in total. The molecule has 1 aliphatic carbocycles. The van der Waals surface area contributed by atoms with Gasteiger partial charge in [-0.2, -0.15) is 0 Å². The van der Waals surface area contributed by atoms with Crippen LogP contribution in [-0.4, -0.2) is 27.6 Å². The smallest absolute Gasteiger partial charge is 0.253 e. The quantitative estimate of drug-likeness (QED) is 0.856. The van der Waals surface area contributed by atoms with Gasteiger partial charge in [-0.15, -0.1) is 0 Å². The molecule has 1 amide bonds. The molecule has 0 bridgehead atoms. The summed E-state index contributed by atoms with van der Waals surface area (Å²) in [6.45, 7) is 1.95. The van der Waals surface area contributed by atoms with Crippen LogP contribution in [0.3, 0.4) is 0 Å². The van der Waals surface area contributed by atoms with E-state index < -0.39 is 10.0 Å². The van der Waals surface area contributed by atoms with Crippen molar-refractivity contribution >= 4 is 21.6 Å². The molecule has 2 aromatic carbocycles. The highest BCUT2D eigenvalue weighted by molar-refractivity contribution is 7.92. The Morgan fingerprint density at radius 2 is 1.74 bits per heavy atom. The third-order valence-corrected chi connectivity index (χ3v) is 6.40. The van der Waals surface area contributed by atoms with Gasteiger partial charge in [0.05, 0.1) is 23.5 Å². The standard InChI is InChI=1S/C21H26N2O3S/c1-15(17-13-12-16-8-4-5-9-18(16)14-17)22-21(24)19-10-6-7-11-20(19)23(2)27(3,25)26/h6-7,10-15H,4-5,8-9H2,1-3H3,(H,22,24). The van der Waals surface area contributed by atoms with E-state index >= 15 is 0 Å². The minimum absolute atomic E-state index is 0.165. The van der Waals surface area contributed by atoms with E-state index in [1.165, 1.54) is 31.0 Å². The maximum atomic E-state index is 12.8. The lowest BCUT2D eigenvalue weighted by atomic mass is 9.89. The van der Waals surface area contributed by atoms with Crippen molar-refractivity contribution in [3.63, 3.8) is 0 Å². The maximum absolute atomic E-state index is 12.8. The van der Waals surface area contributed by atoms with Crippen molar-refractivity contribution in [2.24, 2.45) is 0 Å². The summed E-state index contributed by atoms with van der Waals surface area (Å²) in [4.78, 5) is 12.8. The lowest BCUT2D eigenvalue weighted by Crippen LogP contribution is -2.31. The Hall–Kier alpha value is -2.34. The highest BCUT2D eigenvalue weighted by Crippen LogP contribution is 2.26. The molecule has 6 heteroatoms. The Labute approximate surface area is 161 Å². The van der Waals surface area contributed by atoms with Crippen LogP contribution in [-0.2, 0) is 22.9 Å². The van der Waals surface area contributed by atoms with Gasteiger partial charge < -0.3 is 5.32 Å². The van der Waals surface area contributed by atoms with Crippen LogP contribution in [0.15, 0.2) is 42.5 Å². The van der Waals surface area contributed by atoms with E-state index in [0.717, 1.165) is 29.0 Å². The normalized spacial score (nSPS) is 14.9. The average molecular weight is 387 g/mol. The molecule has 1 aliphatic rings. The molecule has 144 valence electrons.